The highest BCUT2D eigenvalue weighted by Crippen LogP contribution is 2.53. The molecule has 140 valence electrons. The Labute approximate surface area is 153 Å². The molecule has 2 aliphatic heterocycles. The molecule has 2 saturated heterocycles. The fraction of sp³-hybridized carbons (Fsp3) is 0.864. The summed E-state index contributed by atoms with van der Waals surface area (Å²) in [6, 6.07) is 1.25. The summed E-state index contributed by atoms with van der Waals surface area (Å²) < 4.78 is 5.69. The third-order valence-electron chi connectivity index (χ3n) is 7.97. The van der Waals surface area contributed by atoms with Crippen LogP contribution in [0.5, 0.6) is 0 Å². The van der Waals surface area contributed by atoms with Crippen molar-refractivity contribution in [2.24, 2.45) is 29.6 Å². The van der Waals surface area contributed by atoms with Crippen LogP contribution in [-0.4, -0.2) is 36.1 Å². The van der Waals surface area contributed by atoms with Crippen LogP contribution in [0.4, 0.5) is 0 Å². The second kappa shape index (κ2) is 7.06. The first-order valence-electron chi connectivity index (χ1n) is 10.7. The van der Waals surface area contributed by atoms with Gasteiger partial charge in [-0.15, -0.1) is 0 Å². The molecule has 0 spiro atoms. The van der Waals surface area contributed by atoms with Crippen LogP contribution < -0.4 is 0 Å². The largest absolute Gasteiger partial charge is 0.462 e. The molecule has 2 saturated carbocycles. The Morgan fingerprint density at radius 2 is 1.84 bits per heavy atom. The van der Waals surface area contributed by atoms with Crippen LogP contribution in [0, 0.1) is 29.6 Å². The van der Waals surface area contributed by atoms with Crippen molar-refractivity contribution in [3.63, 3.8) is 0 Å². The number of fused-ring (bicyclic) bond motifs is 2. The van der Waals surface area contributed by atoms with Crippen molar-refractivity contribution < 1.29 is 9.53 Å². The molecule has 0 unspecified atom stereocenters. The Kier molecular flexibility index (Phi) is 4.96. The zero-order chi connectivity index (χ0) is 17.6. The summed E-state index contributed by atoms with van der Waals surface area (Å²) in [5, 5.41) is 0. The molecule has 3 heteroatoms. The molecule has 4 aliphatic rings. The number of carbonyl (C=O) groups is 1. The number of hydrogen-bond acceptors (Lipinski definition) is 3. The normalized spacial score (nSPS) is 48.2. The van der Waals surface area contributed by atoms with Gasteiger partial charge in [0.25, 0.3) is 0 Å². The van der Waals surface area contributed by atoms with Crippen molar-refractivity contribution in [2.75, 3.05) is 7.05 Å². The standard InChI is InChI=1S/C22H35NO2/c1-14-7-6-9-17(23(14)3)11-12-19-18-10-5-4-8-16(18)13-20-21(19)15(2)25-22(20)24/h11-12,14-21H,4-10,13H2,1-3H3/b12-11+/t14-,15+,16-,17+,18+,19-,20+,21-/m0/s1. The zero-order valence-corrected chi connectivity index (χ0v) is 16.2. The Bertz CT molecular complexity index is 530. The predicted octanol–water partition coefficient (Wildman–Crippen LogP) is 4.42. The Hall–Kier alpha value is -0.830. The minimum absolute atomic E-state index is 0.0864. The van der Waals surface area contributed by atoms with Gasteiger partial charge >= 0.3 is 5.97 Å². The molecule has 0 bridgehead atoms. The lowest BCUT2D eigenvalue weighted by Crippen LogP contribution is -2.44. The van der Waals surface area contributed by atoms with E-state index >= 15 is 0 Å². The van der Waals surface area contributed by atoms with Crippen LogP contribution >= 0.6 is 0 Å². The summed E-state index contributed by atoms with van der Waals surface area (Å²) in [5.41, 5.74) is 0. The minimum atomic E-state index is 0.0864. The molecule has 0 amide bonds. The van der Waals surface area contributed by atoms with Crippen LogP contribution in [-0.2, 0) is 9.53 Å². The summed E-state index contributed by atoms with van der Waals surface area (Å²) in [4.78, 5) is 14.9. The van der Waals surface area contributed by atoms with Gasteiger partial charge in [0.2, 0.25) is 0 Å². The van der Waals surface area contributed by atoms with Crippen molar-refractivity contribution >= 4 is 5.97 Å². The van der Waals surface area contributed by atoms with Crippen LogP contribution in [0.1, 0.15) is 65.2 Å². The SMILES string of the molecule is C[C@H]1OC(=O)[C@@H]2C[C@@H]3CCCC[C@H]3[C@H](/C=C/[C@H]3CCC[C@H](C)N3C)[C@H]12. The monoisotopic (exact) mass is 345 g/mol. The molecule has 4 fully saturated rings. The number of hydrogen-bond donors (Lipinski definition) is 0. The lowest BCUT2D eigenvalue weighted by atomic mass is 9.57. The summed E-state index contributed by atoms with van der Waals surface area (Å²) in [6.45, 7) is 4.47. The number of allylic oxidation sites excluding steroid dienone is 1. The topological polar surface area (TPSA) is 29.5 Å². The lowest BCUT2D eigenvalue weighted by molar-refractivity contribution is -0.144. The summed E-state index contributed by atoms with van der Waals surface area (Å²) in [6.07, 6.45) is 15.5. The summed E-state index contributed by atoms with van der Waals surface area (Å²) >= 11 is 0. The maximum Gasteiger partial charge on any atom is 0.309 e. The van der Waals surface area contributed by atoms with Crippen LogP contribution in [0.3, 0.4) is 0 Å². The van der Waals surface area contributed by atoms with Gasteiger partial charge < -0.3 is 4.74 Å². The lowest BCUT2D eigenvalue weighted by Gasteiger charge is -2.46. The zero-order valence-electron chi connectivity index (χ0n) is 16.2. The van der Waals surface area contributed by atoms with E-state index in [4.69, 9.17) is 4.74 Å². The highest BCUT2D eigenvalue weighted by molar-refractivity contribution is 5.75. The number of cyclic esters (lactones) is 1. The highest BCUT2D eigenvalue weighted by atomic mass is 16.6. The van der Waals surface area contributed by atoms with E-state index in [1.54, 1.807) is 0 Å². The highest BCUT2D eigenvalue weighted by Gasteiger charge is 2.53. The van der Waals surface area contributed by atoms with E-state index in [9.17, 15) is 4.79 Å². The number of ether oxygens (including phenoxy) is 1. The number of piperidine rings is 1. The minimum Gasteiger partial charge on any atom is -0.462 e. The molecule has 0 aromatic carbocycles. The van der Waals surface area contributed by atoms with E-state index in [-0.39, 0.29) is 18.0 Å². The first kappa shape index (κ1) is 17.6. The maximum absolute atomic E-state index is 12.4. The van der Waals surface area contributed by atoms with Gasteiger partial charge in [-0.1, -0.05) is 37.8 Å². The molecule has 4 rings (SSSR count). The fourth-order valence-corrected chi connectivity index (χ4v) is 6.43. The van der Waals surface area contributed by atoms with Gasteiger partial charge in [0.1, 0.15) is 6.10 Å². The van der Waals surface area contributed by atoms with E-state index in [1.807, 2.05) is 0 Å². The van der Waals surface area contributed by atoms with Crippen molar-refractivity contribution in [3.05, 3.63) is 12.2 Å². The van der Waals surface area contributed by atoms with Gasteiger partial charge in [-0.05, 0) is 64.3 Å². The van der Waals surface area contributed by atoms with Gasteiger partial charge in [-0.3, -0.25) is 9.69 Å². The van der Waals surface area contributed by atoms with E-state index in [1.165, 1.54) is 44.9 Å². The van der Waals surface area contributed by atoms with E-state index in [2.05, 4.69) is 37.9 Å². The van der Waals surface area contributed by atoms with E-state index < -0.39 is 0 Å². The molecule has 0 aromatic heterocycles. The van der Waals surface area contributed by atoms with Gasteiger partial charge in [0, 0.05) is 18.0 Å². The number of rotatable bonds is 2. The number of likely N-dealkylation sites (N-methyl/N-ethyl adjacent to an activating group) is 1. The number of nitrogens with zero attached hydrogens (tertiary/aromatic N) is 1. The first-order chi connectivity index (χ1) is 12.1. The summed E-state index contributed by atoms with van der Waals surface area (Å²) in [7, 11) is 2.27. The molecule has 0 N–H and O–H groups in total. The molecular formula is C22H35NO2. The average molecular weight is 346 g/mol. The van der Waals surface area contributed by atoms with Gasteiger partial charge in [0.15, 0.2) is 0 Å². The van der Waals surface area contributed by atoms with Crippen molar-refractivity contribution in [3.8, 4) is 0 Å². The molecule has 2 aliphatic carbocycles. The Balaban J connectivity index is 1.57. The quantitative estimate of drug-likeness (QED) is 0.548. The average Bonchev–Trinajstić information content (AvgIpc) is 2.89. The molecular weight excluding hydrogens is 310 g/mol. The molecule has 25 heavy (non-hydrogen) atoms. The van der Waals surface area contributed by atoms with Crippen molar-refractivity contribution in [1.82, 2.24) is 4.90 Å². The molecule has 3 nitrogen and oxygen atoms in total. The van der Waals surface area contributed by atoms with E-state index in [0.29, 0.717) is 23.9 Å². The third-order valence-corrected chi connectivity index (χ3v) is 7.97. The second-order valence-electron chi connectivity index (χ2n) is 9.24. The third kappa shape index (κ3) is 3.18. The smallest absolute Gasteiger partial charge is 0.309 e. The summed E-state index contributed by atoms with van der Waals surface area (Å²) in [5.74, 6) is 2.71. The van der Waals surface area contributed by atoms with Crippen LogP contribution in [0.15, 0.2) is 12.2 Å². The second-order valence-corrected chi connectivity index (χ2v) is 9.24. The maximum atomic E-state index is 12.4. The van der Waals surface area contributed by atoms with Crippen LogP contribution in [0.25, 0.3) is 0 Å². The molecule has 0 radical (unpaired) electrons. The molecule has 0 aromatic rings. The van der Waals surface area contributed by atoms with Crippen LogP contribution in [0.2, 0.25) is 0 Å². The van der Waals surface area contributed by atoms with Crippen molar-refractivity contribution in [1.29, 1.82) is 0 Å². The van der Waals surface area contributed by atoms with Crippen molar-refractivity contribution in [2.45, 2.75) is 83.4 Å². The fourth-order valence-electron chi connectivity index (χ4n) is 6.43. The molecule has 8 atom stereocenters. The Morgan fingerprint density at radius 3 is 2.68 bits per heavy atom. The molecule has 2 heterocycles. The first-order valence-corrected chi connectivity index (χ1v) is 10.7. The number of carbonyl (C=O) groups excluding carboxylic acids is 1. The Morgan fingerprint density at radius 1 is 1.04 bits per heavy atom. The number of likely N-dealkylation sites (tertiary alicyclic amines) is 1. The predicted molar refractivity (Wildman–Crippen MR) is 100 cm³/mol. The van der Waals surface area contributed by atoms with Gasteiger partial charge in [-0.25, -0.2) is 0 Å². The van der Waals surface area contributed by atoms with Gasteiger partial charge in [0.05, 0.1) is 5.92 Å². The number of esters is 1. The van der Waals surface area contributed by atoms with E-state index in [0.717, 1.165) is 18.3 Å². The van der Waals surface area contributed by atoms with Gasteiger partial charge in [-0.2, -0.15) is 0 Å².